The van der Waals surface area contributed by atoms with E-state index in [0.717, 1.165) is 0 Å². The van der Waals surface area contributed by atoms with E-state index >= 15 is 0 Å². The smallest absolute Gasteiger partial charge is 0.244 e. The van der Waals surface area contributed by atoms with Crippen molar-refractivity contribution in [2.45, 2.75) is 0 Å². The number of rotatable bonds is 3. The second-order valence-corrected chi connectivity index (χ2v) is 5.54. The molecule has 0 unspecified atom stereocenters. The molecular weight excluding hydrogens is 295 g/mol. The van der Waals surface area contributed by atoms with Crippen LogP contribution in [0.1, 0.15) is 0 Å². The Morgan fingerprint density at radius 3 is 2.89 bits per heavy atom. The molecule has 18 heavy (non-hydrogen) atoms. The van der Waals surface area contributed by atoms with E-state index < -0.39 is 0 Å². The molecule has 4 nitrogen and oxygen atoms in total. The summed E-state index contributed by atoms with van der Waals surface area (Å²) in [5.74, 6) is 0.683. The highest BCUT2D eigenvalue weighted by Crippen LogP contribution is 2.25. The number of carbonyl (C=O) groups excluding carboxylic acids is 2. The SMILES string of the molecule is O=C(CN1CSCC1=O)Nc1cc(Cl)ccc1Cl. The first-order chi connectivity index (χ1) is 8.56. The molecule has 1 fully saturated rings. The normalized spacial score (nSPS) is 15.0. The molecule has 1 N–H and O–H groups in total. The summed E-state index contributed by atoms with van der Waals surface area (Å²) < 4.78 is 0. The van der Waals surface area contributed by atoms with Crippen LogP contribution in [0.2, 0.25) is 10.0 Å². The zero-order valence-corrected chi connectivity index (χ0v) is 11.6. The van der Waals surface area contributed by atoms with E-state index in [1.54, 1.807) is 18.2 Å². The monoisotopic (exact) mass is 304 g/mol. The van der Waals surface area contributed by atoms with Crippen LogP contribution in [0.15, 0.2) is 18.2 Å². The molecule has 1 aliphatic rings. The standard InChI is InChI=1S/C11H10Cl2N2O2S/c12-7-1-2-8(13)9(3-7)14-10(16)4-15-6-18-5-11(15)17/h1-3H,4-6H2,(H,14,16). The van der Waals surface area contributed by atoms with Gasteiger partial charge in [0, 0.05) is 5.02 Å². The Morgan fingerprint density at radius 2 is 2.22 bits per heavy atom. The highest BCUT2D eigenvalue weighted by atomic mass is 35.5. The minimum atomic E-state index is -0.282. The third-order valence-electron chi connectivity index (χ3n) is 2.36. The van der Waals surface area contributed by atoms with E-state index in [0.29, 0.717) is 27.4 Å². The summed E-state index contributed by atoms with van der Waals surface area (Å²) in [6.45, 7) is 0.0364. The van der Waals surface area contributed by atoms with Gasteiger partial charge in [-0.2, -0.15) is 0 Å². The maximum atomic E-state index is 11.8. The molecule has 0 bridgehead atoms. The summed E-state index contributed by atoms with van der Waals surface area (Å²) in [7, 11) is 0. The van der Waals surface area contributed by atoms with Crippen LogP contribution in [0, 0.1) is 0 Å². The van der Waals surface area contributed by atoms with Gasteiger partial charge in [0.05, 0.1) is 22.3 Å². The van der Waals surface area contributed by atoms with Crippen molar-refractivity contribution in [1.82, 2.24) is 4.90 Å². The van der Waals surface area contributed by atoms with Gasteiger partial charge in [0.15, 0.2) is 0 Å². The van der Waals surface area contributed by atoms with Gasteiger partial charge in [0.1, 0.15) is 6.54 Å². The van der Waals surface area contributed by atoms with Crippen molar-refractivity contribution in [3.05, 3.63) is 28.2 Å². The second kappa shape index (κ2) is 5.82. The lowest BCUT2D eigenvalue weighted by Crippen LogP contribution is -2.34. The lowest BCUT2D eigenvalue weighted by molar-refractivity contribution is -0.130. The van der Waals surface area contributed by atoms with Gasteiger partial charge in [-0.25, -0.2) is 0 Å². The molecule has 1 aromatic rings. The number of hydrogen-bond acceptors (Lipinski definition) is 3. The van der Waals surface area contributed by atoms with Gasteiger partial charge in [0.2, 0.25) is 11.8 Å². The van der Waals surface area contributed by atoms with E-state index in [-0.39, 0.29) is 18.4 Å². The summed E-state index contributed by atoms with van der Waals surface area (Å²) in [6, 6.07) is 4.82. The first kappa shape index (κ1) is 13.5. The molecule has 0 spiro atoms. The second-order valence-electron chi connectivity index (χ2n) is 3.74. The number of hydrogen-bond donors (Lipinski definition) is 1. The minimum absolute atomic E-state index is 0.0210. The number of nitrogens with zero attached hydrogens (tertiary/aromatic N) is 1. The summed E-state index contributed by atoms with van der Waals surface area (Å²) in [5, 5.41) is 3.54. The highest BCUT2D eigenvalue weighted by Gasteiger charge is 2.23. The largest absolute Gasteiger partial charge is 0.323 e. The van der Waals surface area contributed by atoms with E-state index in [1.807, 2.05) is 0 Å². The highest BCUT2D eigenvalue weighted by molar-refractivity contribution is 8.00. The van der Waals surface area contributed by atoms with Crippen molar-refractivity contribution < 1.29 is 9.59 Å². The van der Waals surface area contributed by atoms with Crippen LogP contribution >= 0.6 is 35.0 Å². The number of anilines is 1. The molecule has 0 saturated carbocycles. The molecule has 0 aromatic heterocycles. The molecule has 2 rings (SSSR count). The maximum absolute atomic E-state index is 11.8. The van der Waals surface area contributed by atoms with E-state index in [2.05, 4.69) is 5.32 Å². The minimum Gasteiger partial charge on any atom is -0.323 e. The van der Waals surface area contributed by atoms with Crippen molar-refractivity contribution >= 4 is 52.5 Å². The number of benzene rings is 1. The summed E-state index contributed by atoms with van der Waals surface area (Å²) in [6.07, 6.45) is 0. The Kier molecular flexibility index (Phi) is 4.37. The van der Waals surface area contributed by atoms with Crippen molar-refractivity contribution in [1.29, 1.82) is 0 Å². The Bertz CT molecular complexity index is 496. The summed E-state index contributed by atoms with van der Waals surface area (Å²) >= 11 is 13.2. The summed E-state index contributed by atoms with van der Waals surface area (Å²) in [5.41, 5.74) is 0.452. The zero-order valence-electron chi connectivity index (χ0n) is 9.28. The van der Waals surface area contributed by atoms with Crippen LogP contribution in [0.4, 0.5) is 5.69 Å². The molecule has 1 saturated heterocycles. The topological polar surface area (TPSA) is 49.4 Å². The van der Waals surface area contributed by atoms with Gasteiger partial charge in [0.25, 0.3) is 0 Å². The predicted molar refractivity (Wildman–Crippen MR) is 74.1 cm³/mol. The molecule has 0 radical (unpaired) electrons. The quantitative estimate of drug-likeness (QED) is 0.933. The molecule has 1 aliphatic heterocycles. The van der Waals surface area contributed by atoms with Crippen molar-refractivity contribution in [2.75, 3.05) is 23.5 Å². The van der Waals surface area contributed by atoms with Gasteiger partial charge < -0.3 is 10.2 Å². The number of carbonyl (C=O) groups is 2. The third-order valence-corrected chi connectivity index (χ3v) is 3.87. The molecule has 1 heterocycles. The number of thioether (sulfide) groups is 1. The van der Waals surface area contributed by atoms with E-state index in [1.165, 1.54) is 16.7 Å². The first-order valence-electron chi connectivity index (χ1n) is 5.16. The molecular formula is C11H10Cl2N2O2S. The van der Waals surface area contributed by atoms with Gasteiger partial charge >= 0.3 is 0 Å². The van der Waals surface area contributed by atoms with Crippen LogP contribution in [0.3, 0.4) is 0 Å². The fraction of sp³-hybridized carbons (Fsp3) is 0.273. The predicted octanol–water partition coefficient (Wildman–Crippen LogP) is 2.46. The number of nitrogens with one attached hydrogen (secondary N) is 1. The van der Waals surface area contributed by atoms with Crippen LogP contribution in [0.25, 0.3) is 0 Å². The fourth-order valence-corrected chi connectivity index (χ4v) is 2.74. The average Bonchev–Trinajstić information content (AvgIpc) is 2.70. The number of amides is 2. The third kappa shape index (κ3) is 3.31. The average molecular weight is 305 g/mol. The molecule has 96 valence electrons. The fourth-order valence-electron chi connectivity index (χ4n) is 1.50. The van der Waals surface area contributed by atoms with Crippen LogP contribution in [-0.4, -0.2) is 34.9 Å². The first-order valence-corrected chi connectivity index (χ1v) is 7.08. The Morgan fingerprint density at radius 1 is 1.44 bits per heavy atom. The lowest BCUT2D eigenvalue weighted by atomic mass is 10.3. The van der Waals surface area contributed by atoms with Gasteiger partial charge in [-0.05, 0) is 18.2 Å². The molecule has 0 aliphatic carbocycles. The van der Waals surface area contributed by atoms with Crippen molar-refractivity contribution in [3.63, 3.8) is 0 Å². The van der Waals surface area contributed by atoms with Crippen LogP contribution in [0.5, 0.6) is 0 Å². The maximum Gasteiger partial charge on any atom is 0.244 e. The zero-order chi connectivity index (χ0) is 13.1. The van der Waals surface area contributed by atoms with Gasteiger partial charge in [-0.3, -0.25) is 9.59 Å². The lowest BCUT2D eigenvalue weighted by Gasteiger charge is -2.14. The molecule has 7 heteroatoms. The van der Waals surface area contributed by atoms with E-state index in [4.69, 9.17) is 23.2 Å². The van der Waals surface area contributed by atoms with Crippen molar-refractivity contribution in [3.8, 4) is 0 Å². The summed E-state index contributed by atoms with van der Waals surface area (Å²) in [4.78, 5) is 24.6. The Balaban J connectivity index is 1.98. The molecule has 0 atom stereocenters. The van der Waals surface area contributed by atoms with Gasteiger partial charge in [-0.15, -0.1) is 11.8 Å². The van der Waals surface area contributed by atoms with Crippen molar-refractivity contribution in [2.24, 2.45) is 0 Å². The van der Waals surface area contributed by atoms with Gasteiger partial charge in [-0.1, -0.05) is 23.2 Å². The van der Waals surface area contributed by atoms with Crippen LogP contribution in [-0.2, 0) is 9.59 Å². The Labute approximate surface area is 119 Å². The molecule has 2 amide bonds. The van der Waals surface area contributed by atoms with Crippen LogP contribution < -0.4 is 5.32 Å². The number of halogens is 2. The Hall–Kier alpha value is -0.910. The van der Waals surface area contributed by atoms with E-state index in [9.17, 15) is 9.59 Å². The molecule has 1 aromatic carbocycles.